The normalized spacial score (nSPS) is 20.1. The molecule has 3 rings (SSSR count). The molecule has 1 aliphatic rings. The molecule has 1 fully saturated rings. The second-order valence-electron chi connectivity index (χ2n) is 5.89. The molecule has 5 heteroatoms. The van der Waals surface area contributed by atoms with Crippen LogP contribution < -0.4 is 15.0 Å². The molecule has 1 aliphatic heterocycles. The molecule has 2 aromatic carbocycles. The van der Waals surface area contributed by atoms with Gasteiger partial charge in [0.2, 0.25) is 5.91 Å². The van der Waals surface area contributed by atoms with E-state index in [0.29, 0.717) is 17.7 Å². The summed E-state index contributed by atoms with van der Waals surface area (Å²) in [4.78, 5) is 26.9. The largest absolute Gasteiger partial charge is 0.497 e. The fourth-order valence-corrected chi connectivity index (χ4v) is 3.03. The number of carbonyl (C=O) groups excluding carboxylic acids is 2. The van der Waals surface area contributed by atoms with Gasteiger partial charge < -0.3 is 15.0 Å². The number of carbonyl (C=O) groups is 2. The lowest BCUT2D eigenvalue weighted by Gasteiger charge is -2.21. The maximum atomic E-state index is 12.7. The van der Waals surface area contributed by atoms with Crippen LogP contribution in [-0.2, 0) is 4.79 Å². The summed E-state index contributed by atoms with van der Waals surface area (Å²) in [6.07, 6.45) is 0.587. The summed E-state index contributed by atoms with van der Waals surface area (Å²) in [5.74, 6) is 0.263. The number of methoxy groups -OCH3 is 1. The minimum Gasteiger partial charge on any atom is -0.497 e. The smallest absolute Gasteiger partial charge is 0.252 e. The van der Waals surface area contributed by atoms with Crippen LogP contribution in [0.2, 0.25) is 0 Å². The number of para-hydroxylation sites is 1. The first-order chi connectivity index (χ1) is 11.6. The third kappa shape index (κ3) is 3.11. The van der Waals surface area contributed by atoms with Crippen LogP contribution in [0.4, 0.5) is 5.69 Å². The molecular weight excluding hydrogens is 304 g/mol. The summed E-state index contributed by atoms with van der Waals surface area (Å²) in [6.45, 7) is 1.99. The lowest BCUT2D eigenvalue weighted by molar-refractivity contribution is -0.118. The Morgan fingerprint density at radius 3 is 2.62 bits per heavy atom. The van der Waals surface area contributed by atoms with Crippen molar-refractivity contribution in [1.29, 1.82) is 0 Å². The molecule has 5 nitrogen and oxygen atoms in total. The van der Waals surface area contributed by atoms with Crippen molar-refractivity contribution in [3.05, 3.63) is 60.2 Å². The minimum absolute atomic E-state index is 0.0375. The van der Waals surface area contributed by atoms with E-state index >= 15 is 0 Å². The predicted octanol–water partition coefficient (Wildman–Crippen LogP) is 2.62. The molecule has 0 spiro atoms. The summed E-state index contributed by atoms with van der Waals surface area (Å²) in [6, 6.07) is 15.9. The molecule has 1 heterocycles. The molecule has 2 aromatic rings. The fraction of sp³-hybridized carbons (Fsp3) is 0.263. The Labute approximate surface area is 141 Å². The van der Waals surface area contributed by atoms with Crippen molar-refractivity contribution in [3.63, 3.8) is 0 Å². The van der Waals surface area contributed by atoms with Crippen molar-refractivity contribution in [3.8, 4) is 5.75 Å². The van der Waals surface area contributed by atoms with E-state index in [2.05, 4.69) is 5.32 Å². The van der Waals surface area contributed by atoms with Crippen LogP contribution in [0.5, 0.6) is 5.75 Å². The Morgan fingerprint density at radius 2 is 1.92 bits per heavy atom. The van der Waals surface area contributed by atoms with Gasteiger partial charge in [0.25, 0.3) is 5.91 Å². The van der Waals surface area contributed by atoms with Crippen LogP contribution >= 0.6 is 0 Å². The summed E-state index contributed by atoms with van der Waals surface area (Å²) >= 11 is 0. The highest BCUT2D eigenvalue weighted by atomic mass is 16.5. The molecule has 0 aliphatic carbocycles. The average molecular weight is 324 g/mol. The van der Waals surface area contributed by atoms with Gasteiger partial charge >= 0.3 is 0 Å². The Balaban J connectivity index is 1.74. The van der Waals surface area contributed by atoms with Gasteiger partial charge in [-0.1, -0.05) is 24.3 Å². The Bertz CT molecular complexity index is 745. The van der Waals surface area contributed by atoms with Crippen LogP contribution in [-0.4, -0.2) is 31.0 Å². The molecule has 1 saturated heterocycles. The Kier molecular flexibility index (Phi) is 4.51. The number of rotatable bonds is 4. The molecular formula is C19H20N2O3. The van der Waals surface area contributed by atoms with E-state index < -0.39 is 6.04 Å². The highest BCUT2D eigenvalue weighted by Crippen LogP contribution is 2.26. The quantitative estimate of drug-likeness (QED) is 0.940. The van der Waals surface area contributed by atoms with Crippen LogP contribution in [0.15, 0.2) is 54.6 Å². The molecule has 0 radical (unpaired) electrons. The molecule has 0 bridgehead atoms. The maximum Gasteiger partial charge on any atom is 0.252 e. The van der Waals surface area contributed by atoms with Crippen molar-refractivity contribution in [2.45, 2.75) is 25.4 Å². The monoisotopic (exact) mass is 324 g/mol. The highest BCUT2D eigenvalue weighted by Gasteiger charge is 2.38. The first-order valence-electron chi connectivity index (χ1n) is 7.93. The van der Waals surface area contributed by atoms with E-state index in [0.717, 1.165) is 5.69 Å². The number of anilines is 1. The molecule has 2 unspecified atom stereocenters. The van der Waals surface area contributed by atoms with E-state index in [1.54, 1.807) is 36.3 Å². The first-order valence-corrected chi connectivity index (χ1v) is 7.93. The Hall–Kier alpha value is -2.82. The number of ether oxygens (including phenoxy) is 1. The van der Waals surface area contributed by atoms with Crippen LogP contribution in [0.25, 0.3) is 0 Å². The van der Waals surface area contributed by atoms with E-state index in [9.17, 15) is 9.59 Å². The van der Waals surface area contributed by atoms with E-state index in [1.807, 2.05) is 37.3 Å². The SMILES string of the molecule is COc1cccc(C(=O)NC2CC(C)N(c3ccccc3)C2=O)c1. The number of hydrogen-bond donors (Lipinski definition) is 1. The van der Waals surface area contributed by atoms with Crippen LogP contribution in [0, 0.1) is 0 Å². The number of amides is 2. The van der Waals surface area contributed by atoms with Gasteiger partial charge in [0, 0.05) is 17.3 Å². The van der Waals surface area contributed by atoms with Crippen molar-refractivity contribution < 1.29 is 14.3 Å². The van der Waals surface area contributed by atoms with Gasteiger partial charge in [-0.25, -0.2) is 0 Å². The van der Waals surface area contributed by atoms with E-state index in [1.165, 1.54) is 0 Å². The van der Waals surface area contributed by atoms with Gasteiger partial charge in [0.05, 0.1) is 7.11 Å². The van der Waals surface area contributed by atoms with Gasteiger partial charge in [-0.05, 0) is 43.7 Å². The third-order valence-electron chi connectivity index (χ3n) is 4.22. The second-order valence-corrected chi connectivity index (χ2v) is 5.89. The lowest BCUT2D eigenvalue weighted by atomic mass is 10.1. The molecule has 24 heavy (non-hydrogen) atoms. The van der Waals surface area contributed by atoms with Crippen molar-refractivity contribution >= 4 is 17.5 Å². The van der Waals surface area contributed by atoms with Gasteiger partial charge in [-0.15, -0.1) is 0 Å². The molecule has 124 valence electrons. The number of benzene rings is 2. The molecule has 0 saturated carbocycles. The standard InChI is InChI=1S/C19H20N2O3/c1-13-11-17(19(23)21(13)15-8-4-3-5-9-15)20-18(22)14-7-6-10-16(12-14)24-2/h3-10,12-13,17H,11H2,1-2H3,(H,20,22). The van der Waals surface area contributed by atoms with E-state index in [4.69, 9.17) is 4.74 Å². The summed E-state index contributed by atoms with van der Waals surface area (Å²) in [5, 5.41) is 2.84. The van der Waals surface area contributed by atoms with Gasteiger partial charge in [0.1, 0.15) is 11.8 Å². The zero-order chi connectivity index (χ0) is 17.1. The summed E-state index contributed by atoms with van der Waals surface area (Å²) < 4.78 is 5.13. The summed E-state index contributed by atoms with van der Waals surface area (Å²) in [5.41, 5.74) is 1.33. The number of nitrogens with one attached hydrogen (secondary N) is 1. The predicted molar refractivity (Wildman–Crippen MR) is 92.3 cm³/mol. The van der Waals surface area contributed by atoms with E-state index in [-0.39, 0.29) is 17.9 Å². The van der Waals surface area contributed by atoms with Crippen LogP contribution in [0.3, 0.4) is 0 Å². The topological polar surface area (TPSA) is 58.6 Å². The third-order valence-corrected chi connectivity index (χ3v) is 4.22. The first kappa shape index (κ1) is 16.1. The fourth-order valence-electron chi connectivity index (χ4n) is 3.03. The highest BCUT2D eigenvalue weighted by molar-refractivity contribution is 6.04. The minimum atomic E-state index is -0.515. The van der Waals surface area contributed by atoms with Crippen molar-refractivity contribution in [2.24, 2.45) is 0 Å². The lowest BCUT2D eigenvalue weighted by Crippen LogP contribution is -2.41. The van der Waals surface area contributed by atoms with Crippen molar-refractivity contribution in [1.82, 2.24) is 5.32 Å². The Morgan fingerprint density at radius 1 is 1.17 bits per heavy atom. The zero-order valence-corrected chi connectivity index (χ0v) is 13.7. The van der Waals surface area contributed by atoms with Gasteiger partial charge in [-0.2, -0.15) is 0 Å². The molecule has 2 amide bonds. The number of hydrogen-bond acceptors (Lipinski definition) is 3. The molecule has 1 N–H and O–H groups in total. The van der Waals surface area contributed by atoms with Gasteiger partial charge in [0.15, 0.2) is 0 Å². The maximum absolute atomic E-state index is 12.7. The van der Waals surface area contributed by atoms with Crippen molar-refractivity contribution in [2.75, 3.05) is 12.0 Å². The summed E-state index contributed by atoms with van der Waals surface area (Å²) in [7, 11) is 1.55. The molecule has 0 aromatic heterocycles. The van der Waals surface area contributed by atoms with Crippen LogP contribution in [0.1, 0.15) is 23.7 Å². The number of nitrogens with zero attached hydrogens (tertiary/aromatic N) is 1. The van der Waals surface area contributed by atoms with Gasteiger partial charge in [-0.3, -0.25) is 9.59 Å². The zero-order valence-electron chi connectivity index (χ0n) is 13.7. The molecule has 2 atom stereocenters. The second kappa shape index (κ2) is 6.74. The average Bonchev–Trinajstić information content (AvgIpc) is 2.89.